The van der Waals surface area contributed by atoms with Crippen molar-refractivity contribution < 1.29 is 14.1 Å². The lowest BCUT2D eigenvalue weighted by Crippen LogP contribution is -2.44. The summed E-state index contributed by atoms with van der Waals surface area (Å²) in [5, 5.41) is 9.40. The molecule has 2 aromatic rings. The highest BCUT2D eigenvalue weighted by Gasteiger charge is 2.27. The largest absolute Gasteiger partial charge is 0.360 e. The highest BCUT2D eigenvalue weighted by Crippen LogP contribution is 2.19. The molecule has 0 unspecified atom stereocenters. The van der Waals surface area contributed by atoms with Gasteiger partial charge >= 0.3 is 0 Å². The Hall–Kier alpha value is -2.67. The summed E-state index contributed by atoms with van der Waals surface area (Å²) in [6.07, 6.45) is 1.72. The molecule has 1 atom stereocenters. The van der Waals surface area contributed by atoms with Gasteiger partial charge < -0.3 is 15.2 Å². The number of aromatic nitrogens is 1. The zero-order chi connectivity index (χ0) is 17.6. The molecule has 0 spiro atoms. The number of anilines is 2. The molecule has 1 aliphatic heterocycles. The van der Waals surface area contributed by atoms with E-state index in [1.165, 1.54) is 0 Å². The molecule has 1 fully saturated rings. The van der Waals surface area contributed by atoms with E-state index in [0.29, 0.717) is 18.1 Å². The lowest BCUT2D eigenvalue weighted by atomic mass is 9.97. The van der Waals surface area contributed by atoms with Crippen LogP contribution in [0, 0.1) is 12.8 Å². The molecule has 132 valence electrons. The average molecular weight is 342 g/mol. The Morgan fingerprint density at radius 2 is 2.08 bits per heavy atom. The van der Waals surface area contributed by atoms with Gasteiger partial charge in [-0.15, -0.1) is 0 Å². The quantitative estimate of drug-likeness (QED) is 0.870. The maximum absolute atomic E-state index is 12.4. The van der Waals surface area contributed by atoms with Gasteiger partial charge in [-0.2, -0.15) is 0 Å². The van der Waals surface area contributed by atoms with Crippen LogP contribution in [0.15, 0.2) is 40.9 Å². The third-order valence-corrected chi connectivity index (χ3v) is 4.18. The molecule has 2 amide bonds. The molecule has 0 bridgehead atoms. The summed E-state index contributed by atoms with van der Waals surface area (Å²) in [5.41, 5.74) is 0.795. The van der Waals surface area contributed by atoms with Crippen LogP contribution in [0.2, 0.25) is 0 Å². The van der Waals surface area contributed by atoms with Crippen LogP contribution in [0.3, 0.4) is 0 Å². The molecule has 1 aromatic carbocycles. The minimum atomic E-state index is -0.155. The SMILES string of the molecule is Cc1cc(NC(=O)CN2CCC[C@@H](C(=O)Nc3ccccc3)C2)no1. The summed E-state index contributed by atoms with van der Waals surface area (Å²) in [5.74, 6) is 0.792. The van der Waals surface area contributed by atoms with E-state index in [2.05, 4.69) is 15.8 Å². The van der Waals surface area contributed by atoms with Gasteiger partial charge in [-0.3, -0.25) is 14.5 Å². The third-order valence-electron chi connectivity index (χ3n) is 4.18. The fourth-order valence-corrected chi connectivity index (χ4v) is 2.99. The number of nitrogens with zero attached hydrogens (tertiary/aromatic N) is 2. The number of aryl methyl sites for hydroxylation is 1. The van der Waals surface area contributed by atoms with Crippen LogP contribution in [0.5, 0.6) is 0 Å². The molecule has 25 heavy (non-hydrogen) atoms. The van der Waals surface area contributed by atoms with Gasteiger partial charge in [0.25, 0.3) is 0 Å². The number of amides is 2. The Kier molecular flexibility index (Phi) is 5.45. The first kappa shape index (κ1) is 17.2. The van der Waals surface area contributed by atoms with Crippen molar-refractivity contribution in [1.29, 1.82) is 0 Å². The molecule has 0 aliphatic carbocycles. The van der Waals surface area contributed by atoms with Crippen molar-refractivity contribution in [2.24, 2.45) is 5.92 Å². The van der Waals surface area contributed by atoms with Crippen LogP contribution >= 0.6 is 0 Å². The Bertz CT molecular complexity index is 729. The lowest BCUT2D eigenvalue weighted by Gasteiger charge is -2.31. The normalized spacial score (nSPS) is 17.9. The second-order valence-corrected chi connectivity index (χ2v) is 6.30. The summed E-state index contributed by atoms with van der Waals surface area (Å²) in [4.78, 5) is 26.6. The third kappa shape index (κ3) is 4.90. The van der Waals surface area contributed by atoms with Crippen LogP contribution in [0.1, 0.15) is 18.6 Å². The van der Waals surface area contributed by atoms with Crippen molar-refractivity contribution in [3.63, 3.8) is 0 Å². The number of benzene rings is 1. The molecule has 1 saturated heterocycles. The van der Waals surface area contributed by atoms with Gasteiger partial charge in [0.1, 0.15) is 5.76 Å². The summed E-state index contributed by atoms with van der Waals surface area (Å²) in [6.45, 7) is 3.38. The Labute approximate surface area is 146 Å². The summed E-state index contributed by atoms with van der Waals surface area (Å²) in [7, 11) is 0. The van der Waals surface area contributed by atoms with E-state index in [1.807, 2.05) is 35.2 Å². The van der Waals surface area contributed by atoms with Crippen LogP contribution in [-0.2, 0) is 9.59 Å². The van der Waals surface area contributed by atoms with Crippen LogP contribution < -0.4 is 10.6 Å². The standard InChI is InChI=1S/C18H22N4O3/c1-13-10-16(21-25-13)20-17(23)12-22-9-5-6-14(11-22)18(24)19-15-7-3-2-4-8-15/h2-4,7-8,10,14H,5-6,9,11-12H2,1H3,(H,19,24)(H,20,21,23)/t14-/m1/s1. The highest BCUT2D eigenvalue weighted by atomic mass is 16.5. The lowest BCUT2D eigenvalue weighted by molar-refractivity contribution is -0.123. The molecule has 0 radical (unpaired) electrons. The van der Waals surface area contributed by atoms with Crippen molar-refractivity contribution in [3.8, 4) is 0 Å². The first-order valence-electron chi connectivity index (χ1n) is 8.41. The molecular formula is C18H22N4O3. The minimum absolute atomic E-state index is 0.00318. The Morgan fingerprint density at radius 3 is 2.80 bits per heavy atom. The topological polar surface area (TPSA) is 87.5 Å². The fourth-order valence-electron chi connectivity index (χ4n) is 2.99. The number of nitrogens with one attached hydrogen (secondary N) is 2. The maximum atomic E-state index is 12.4. The van der Waals surface area contributed by atoms with Crippen molar-refractivity contribution in [2.45, 2.75) is 19.8 Å². The van der Waals surface area contributed by atoms with Crippen molar-refractivity contribution in [3.05, 3.63) is 42.2 Å². The zero-order valence-electron chi connectivity index (χ0n) is 14.2. The van der Waals surface area contributed by atoms with Crippen LogP contribution in [0.25, 0.3) is 0 Å². The highest BCUT2D eigenvalue weighted by molar-refractivity contribution is 5.93. The van der Waals surface area contributed by atoms with Crippen molar-refractivity contribution in [2.75, 3.05) is 30.3 Å². The van der Waals surface area contributed by atoms with Gasteiger partial charge in [0.05, 0.1) is 12.5 Å². The second-order valence-electron chi connectivity index (χ2n) is 6.30. The smallest absolute Gasteiger partial charge is 0.239 e. The molecule has 7 heteroatoms. The van der Waals surface area contributed by atoms with Gasteiger partial charge in [-0.25, -0.2) is 0 Å². The predicted molar refractivity (Wildman–Crippen MR) is 94.1 cm³/mol. The number of rotatable bonds is 5. The first-order chi connectivity index (χ1) is 12.1. The van der Waals surface area contributed by atoms with E-state index in [-0.39, 0.29) is 24.3 Å². The predicted octanol–water partition coefficient (Wildman–Crippen LogP) is 2.27. The number of para-hydroxylation sites is 1. The zero-order valence-corrected chi connectivity index (χ0v) is 14.2. The number of likely N-dealkylation sites (tertiary alicyclic amines) is 1. The number of carbonyl (C=O) groups is 2. The van der Waals surface area contributed by atoms with Gasteiger partial charge in [-0.05, 0) is 38.4 Å². The summed E-state index contributed by atoms with van der Waals surface area (Å²) >= 11 is 0. The summed E-state index contributed by atoms with van der Waals surface area (Å²) < 4.78 is 4.93. The van der Waals surface area contributed by atoms with Gasteiger partial charge in [0.15, 0.2) is 5.82 Å². The molecule has 0 saturated carbocycles. The van der Waals surface area contributed by atoms with E-state index in [1.54, 1.807) is 13.0 Å². The molecule has 3 rings (SSSR count). The number of hydrogen-bond acceptors (Lipinski definition) is 5. The van der Waals surface area contributed by atoms with E-state index < -0.39 is 0 Å². The Morgan fingerprint density at radius 1 is 1.28 bits per heavy atom. The van der Waals surface area contributed by atoms with E-state index in [9.17, 15) is 9.59 Å². The Balaban J connectivity index is 1.50. The molecule has 2 N–H and O–H groups in total. The first-order valence-corrected chi connectivity index (χ1v) is 8.41. The average Bonchev–Trinajstić information content (AvgIpc) is 3.00. The van der Waals surface area contributed by atoms with Crippen molar-refractivity contribution in [1.82, 2.24) is 10.1 Å². The van der Waals surface area contributed by atoms with E-state index in [4.69, 9.17) is 4.52 Å². The van der Waals surface area contributed by atoms with Gasteiger partial charge in [0, 0.05) is 18.3 Å². The second kappa shape index (κ2) is 7.94. The minimum Gasteiger partial charge on any atom is -0.360 e. The van der Waals surface area contributed by atoms with Crippen LogP contribution in [0.4, 0.5) is 11.5 Å². The molecular weight excluding hydrogens is 320 g/mol. The molecule has 7 nitrogen and oxygen atoms in total. The number of carbonyl (C=O) groups excluding carboxylic acids is 2. The number of hydrogen-bond donors (Lipinski definition) is 2. The fraction of sp³-hybridized carbons (Fsp3) is 0.389. The van der Waals surface area contributed by atoms with Gasteiger partial charge in [0.2, 0.25) is 11.8 Å². The monoisotopic (exact) mass is 342 g/mol. The molecule has 1 aliphatic rings. The molecule has 2 heterocycles. The van der Waals surface area contributed by atoms with E-state index in [0.717, 1.165) is 25.1 Å². The van der Waals surface area contributed by atoms with Crippen molar-refractivity contribution >= 4 is 23.3 Å². The number of piperidine rings is 1. The van der Waals surface area contributed by atoms with Crippen LogP contribution in [-0.4, -0.2) is 41.5 Å². The molecule has 1 aromatic heterocycles. The van der Waals surface area contributed by atoms with E-state index >= 15 is 0 Å². The maximum Gasteiger partial charge on any atom is 0.239 e. The summed E-state index contributed by atoms with van der Waals surface area (Å²) in [6, 6.07) is 11.1. The van der Waals surface area contributed by atoms with Gasteiger partial charge in [-0.1, -0.05) is 23.4 Å².